The van der Waals surface area contributed by atoms with E-state index in [-0.39, 0.29) is 116 Å². The SMILES string of the molecule is COC1C2CCCCC2C(C)C2C3NC(NC4NC(NC5NC(NC6NC(N3)C3C(OC)C7CC8CCCCC8CC7C(OC)C63)C3C(C)C6CC7CCCCC7CC6C(OC)C53)C3C(OC)C5CC6CCCCC6CC5C(OC)C43)C12. The van der Waals surface area contributed by atoms with E-state index in [1.54, 1.807) is 0 Å². The Balaban J connectivity index is 0.830. The first-order chi connectivity index (χ1) is 40.2. The molecule has 0 spiro atoms. The van der Waals surface area contributed by atoms with Crippen LogP contribution in [0.4, 0.5) is 0 Å². The Labute approximate surface area is 494 Å². The van der Waals surface area contributed by atoms with Gasteiger partial charge in [-0.2, -0.15) is 0 Å². The van der Waals surface area contributed by atoms with Gasteiger partial charge in [-0.05, 0) is 158 Å². The van der Waals surface area contributed by atoms with E-state index in [1.807, 2.05) is 0 Å². The minimum Gasteiger partial charge on any atom is -0.381 e. The highest BCUT2D eigenvalue weighted by Gasteiger charge is 2.69. The summed E-state index contributed by atoms with van der Waals surface area (Å²) in [5.41, 5.74) is 0. The van der Waals surface area contributed by atoms with Crippen molar-refractivity contribution in [2.45, 2.75) is 241 Å². The minimum absolute atomic E-state index is 0.000733. The lowest BCUT2D eigenvalue weighted by Crippen LogP contribution is -2.63. The predicted molar refractivity (Wildman–Crippen MR) is 317 cm³/mol. The molecule has 5 saturated heterocycles. The number of hydrogen-bond donors (Lipinski definition) is 8. The number of hydrogen-bond acceptors (Lipinski definition) is 14. The molecule has 0 aromatic heterocycles. The Morgan fingerprint density at radius 2 is 0.415 bits per heavy atom. The third kappa shape index (κ3) is 8.82. The minimum atomic E-state index is 0.000733. The highest BCUT2D eigenvalue weighted by molar-refractivity contribution is 5.19. The molecule has 5 aliphatic heterocycles. The van der Waals surface area contributed by atoms with Crippen molar-refractivity contribution in [3.63, 3.8) is 0 Å². The summed E-state index contributed by atoms with van der Waals surface area (Å²) in [4.78, 5) is 0. The highest BCUT2D eigenvalue weighted by Crippen LogP contribution is 2.62. The molecule has 0 radical (unpaired) electrons. The molecule has 14 heteroatoms. The molecule has 0 amide bonds. The van der Waals surface area contributed by atoms with Gasteiger partial charge in [0.15, 0.2) is 0 Å². The zero-order valence-electron chi connectivity index (χ0n) is 51.9. The lowest BCUT2D eigenvalue weighted by Gasteiger charge is -2.57. The van der Waals surface area contributed by atoms with Gasteiger partial charge in [-0.1, -0.05) is 104 Å². The van der Waals surface area contributed by atoms with Crippen molar-refractivity contribution in [3.8, 4) is 0 Å². The maximum absolute atomic E-state index is 7.16. The van der Waals surface area contributed by atoms with Crippen molar-refractivity contribution in [2.24, 2.45) is 142 Å². The van der Waals surface area contributed by atoms with Crippen LogP contribution < -0.4 is 42.5 Å². The summed E-state index contributed by atoms with van der Waals surface area (Å²) in [7, 11) is 12.4. The van der Waals surface area contributed by atoms with E-state index < -0.39 is 0 Å². The summed E-state index contributed by atoms with van der Waals surface area (Å²) >= 11 is 0. The van der Waals surface area contributed by atoms with Crippen LogP contribution in [0.5, 0.6) is 0 Å². The molecule has 16 rings (SSSR count). The third-order valence-corrected chi connectivity index (χ3v) is 29.9. The van der Waals surface area contributed by atoms with E-state index in [4.69, 9.17) is 28.4 Å². The molecule has 11 aliphatic carbocycles. The molecule has 0 aromatic rings. The topological polar surface area (TPSA) is 152 Å². The normalized spacial score (nSPS) is 60.0. The summed E-state index contributed by atoms with van der Waals surface area (Å²) in [6.45, 7) is 5.34. The van der Waals surface area contributed by atoms with E-state index in [0.29, 0.717) is 76.9 Å². The van der Waals surface area contributed by atoms with Crippen LogP contribution in [-0.4, -0.2) is 129 Å². The van der Waals surface area contributed by atoms with Crippen molar-refractivity contribution in [3.05, 3.63) is 0 Å². The van der Waals surface area contributed by atoms with Gasteiger partial charge >= 0.3 is 0 Å². The van der Waals surface area contributed by atoms with Gasteiger partial charge in [-0.3, -0.25) is 42.5 Å². The smallest absolute Gasteiger partial charge is 0.0663 e. The lowest BCUT2D eigenvalue weighted by molar-refractivity contribution is -0.171. The van der Waals surface area contributed by atoms with E-state index in [2.05, 4.69) is 99.0 Å². The molecular weight excluding hydrogens is 1020 g/mol. The molecule has 38 atom stereocenters. The number of rotatable bonds is 6. The molecule has 462 valence electrons. The second-order valence-electron chi connectivity index (χ2n) is 32.1. The highest BCUT2D eigenvalue weighted by atomic mass is 16.5. The molecule has 0 aromatic carbocycles. The zero-order chi connectivity index (χ0) is 55.4. The van der Waals surface area contributed by atoms with Crippen LogP contribution in [0.3, 0.4) is 0 Å². The van der Waals surface area contributed by atoms with Crippen molar-refractivity contribution in [2.75, 3.05) is 42.7 Å². The fourth-order valence-electron chi connectivity index (χ4n) is 27.1. The molecule has 8 bridgehead atoms. The molecule has 8 N–H and O–H groups in total. The van der Waals surface area contributed by atoms with Crippen molar-refractivity contribution < 1.29 is 28.4 Å². The van der Waals surface area contributed by atoms with E-state index in [0.717, 1.165) is 35.5 Å². The maximum Gasteiger partial charge on any atom is 0.0663 e. The fourth-order valence-corrected chi connectivity index (χ4v) is 27.1. The predicted octanol–water partition coefficient (Wildman–Crippen LogP) is 8.03. The van der Waals surface area contributed by atoms with E-state index in [9.17, 15) is 0 Å². The van der Waals surface area contributed by atoms with Gasteiger partial charge in [-0.15, -0.1) is 0 Å². The van der Waals surface area contributed by atoms with Crippen LogP contribution in [0.1, 0.15) is 155 Å². The Kier molecular flexibility index (Phi) is 15.7. The summed E-state index contributed by atoms with van der Waals surface area (Å²) in [5, 5.41) is 36.7. The van der Waals surface area contributed by atoms with Crippen molar-refractivity contribution >= 4 is 0 Å². The third-order valence-electron chi connectivity index (χ3n) is 29.9. The molecule has 82 heavy (non-hydrogen) atoms. The summed E-state index contributed by atoms with van der Waals surface area (Å²) < 4.78 is 42.7. The summed E-state index contributed by atoms with van der Waals surface area (Å²) in [6.07, 6.45) is 30.9. The van der Waals surface area contributed by atoms with Crippen LogP contribution in [0.15, 0.2) is 0 Å². The average Bonchev–Trinajstić information content (AvgIpc) is 3.66. The van der Waals surface area contributed by atoms with Crippen molar-refractivity contribution in [1.82, 2.24) is 42.5 Å². The molecular formula is C68H114N8O6. The largest absolute Gasteiger partial charge is 0.381 e. The second-order valence-corrected chi connectivity index (χ2v) is 32.1. The van der Waals surface area contributed by atoms with Crippen LogP contribution in [0, 0.1) is 142 Å². The number of nitrogens with one attached hydrogen (secondary N) is 8. The van der Waals surface area contributed by atoms with Gasteiger partial charge in [0.25, 0.3) is 0 Å². The number of ether oxygens (including phenoxy) is 6. The monoisotopic (exact) mass is 1140 g/mol. The fraction of sp³-hybridized carbons (Fsp3) is 1.00. The van der Waals surface area contributed by atoms with Gasteiger partial charge in [0.05, 0.1) is 86.0 Å². The molecule has 5 heterocycles. The first-order valence-corrected chi connectivity index (χ1v) is 35.5. The standard InChI is InChI=1S/C68H114N8O6/c1-31-39-23-15-16-24-40(39)55(77-3)49-47(31)61-69-63(49)73-67-53-54(60(82-8)46-30-38-22-14-13-21-37(38)29-45(46)59(53)81-7)68(76-67)74-64-50-48(32(2)41-25-33-17-9-10-18-34(33)26-42(41)56(50)78-4)62(70-64)72-66-52-51(65(71-61)75-66)57(79-5)43-27-35-19-11-12-20-36(35)28-44(43)58(52)80-6/h31-76H,9-30H2,1-8H3. The Hall–Kier alpha value is -0.560. The summed E-state index contributed by atoms with van der Waals surface area (Å²) in [5.74, 6) is 12.6. The van der Waals surface area contributed by atoms with E-state index >= 15 is 0 Å². The lowest BCUT2D eigenvalue weighted by atomic mass is 9.52. The van der Waals surface area contributed by atoms with Crippen LogP contribution in [0.2, 0.25) is 0 Å². The van der Waals surface area contributed by atoms with Crippen LogP contribution >= 0.6 is 0 Å². The molecule has 38 unspecified atom stereocenters. The van der Waals surface area contributed by atoms with Crippen LogP contribution in [0.25, 0.3) is 0 Å². The van der Waals surface area contributed by atoms with Gasteiger partial charge in [0, 0.05) is 78.2 Å². The first kappa shape index (κ1) is 56.7. The zero-order valence-corrected chi connectivity index (χ0v) is 51.9. The summed E-state index contributed by atoms with van der Waals surface area (Å²) in [6, 6.07) is 0. The number of methoxy groups -OCH3 is 6. The second kappa shape index (κ2) is 22.7. The maximum atomic E-state index is 7.16. The van der Waals surface area contributed by atoms with Gasteiger partial charge < -0.3 is 28.4 Å². The van der Waals surface area contributed by atoms with Gasteiger partial charge in [0.1, 0.15) is 0 Å². The molecule has 16 aliphatic rings. The first-order valence-electron chi connectivity index (χ1n) is 35.5. The van der Waals surface area contributed by atoms with E-state index in [1.165, 1.54) is 141 Å². The Morgan fingerprint density at radius 3 is 0.695 bits per heavy atom. The molecule has 11 saturated carbocycles. The molecule has 16 fully saturated rings. The quantitative estimate of drug-likeness (QED) is 0.130. The van der Waals surface area contributed by atoms with Crippen LogP contribution in [-0.2, 0) is 28.4 Å². The number of fused-ring (bicyclic) bond motifs is 27. The molecule has 14 nitrogen and oxygen atoms in total. The van der Waals surface area contributed by atoms with Gasteiger partial charge in [-0.25, -0.2) is 0 Å². The average molecular weight is 1140 g/mol. The Morgan fingerprint density at radius 1 is 0.220 bits per heavy atom. The Bertz CT molecular complexity index is 2240. The van der Waals surface area contributed by atoms with Gasteiger partial charge in [0.2, 0.25) is 0 Å². The van der Waals surface area contributed by atoms with Crippen molar-refractivity contribution in [1.29, 1.82) is 0 Å².